The first kappa shape index (κ1) is 10.9. The fourth-order valence-electron chi connectivity index (χ4n) is 1.27. The summed E-state index contributed by atoms with van der Waals surface area (Å²) in [5, 5.41) is 9.25. The lowest BCUT2D eigenvalue weighted by atomic mass is 10.1. The molecule has 4 heteroatoms. The number of nitrogens with two attached hydrogens (primary N) is 1. The van der Waals surface area contributed by atoms with Gasteiger partial charge in [-0.25, -0.2) is 8.78 Å². The van der Waals surface area contributed by atoms with E-state index in [2.05, 4.69) is 0 Å². The van der Waals surface area contributed by atoms with Gasteiger partial charge in [-0.2, -0.15) is 0 Å². The molecule has 0 atom stereocenters. The molecule has 1 rings (SSSR count). The van der Waals surface area contributed by atoms with Crippen LogP contribution in [0.25, 0.3) is 0 Å². The lowest BCUT2D eigenvalue weighted by molar-refractivity contribution is 0.420. The summed E-state index contributed by atoms with van der Waals surface area (Å²) >= 11 is 0. The minimum atomic E-state index is -0.909. The van der Waals surface area contributed by atoms with E-state index >= 15 is 0 Å². The molecule has 0 unspecified atom stereocenters. The number of benzene rings is 1. The van der Waals surface area contributed by atoms with Gasteiger partial charge in [0.2, 0.25) is 0 Å². The highest BCUT2D eigenvalue weighted by Gasteiger charge is 2.09. The molecule has 0 radical (unpaired) electrons. The first-order chi connectivity index (χ1) is 6.65. The molecule has 14 heavy (non-hydrogen) atoms. The Labute approximate surface area is 81.4 Å². The standard InChI is InChI=1S/C10H13F2NO/c11-8-5-7(3-1-2-4-13)10(14)9(12)6-8/h5-6,14H,1-4,13H2. The Kier molecular flexibility index (Phi) is 3.83. The van der Waals surface area contributed by atoms with Gasteiger partial charge in [-0.15, -0.1) is 0 Å². The van der Waals surface area contributed by atoms with Gasteiger partial charge in [0.05, 0.1) is 0 Å². The molecule has 0 heterocycles. The van der Waals surface area contributed by atoms with Gasteiger partial charge in [0, 0.05) is 6.07 Å². The first-order valence-corrected chi connectivity index (χ1v) is 4.52. The molecular formula is C10H13F2NO. The predicted molar refractivity (Wildman–Crippen MR) is 50.0 cm³/mol. The summed E-state index contributed by atoms with van der Waals surface area (Å²) in [7, 11) is 0. The molecule has 0 aromatic heterocycles. The van der Waals surface area contributed by atoms with Crippen LogP contribution < -0.4 is 5.73 Å². The van der Waals surface area contributed by atoms with Gasteiger partial charge in [0.25, 0.3) is 0 Å². The topological polar surface area (TPSA) is 46.2 Å². The van der Waals surface area contributed by atoms with E-state index in [1.54, 1.807) is 0 Å². The molecule has 1 aromatic carbocycles. The molecule has 0 saturated heterocycles. The molecule has 3 N–H and O–H groups in total. The SMILES string of the molecule is NCCCCc1cc(F)cc(F)c1O. The van der Waals surface area contributed by atoms with E-state index < -0.39 is 17.4 Å². The van der Waals surface area contributed by atoms with Crippen LogP contribution in [0.15, 0.2) is 12.1 Å². The highest BCUT2D eigenvalue weighted by Crippen LogP contribution is 2.23. The summed E-state index contributed by atoms with van der Waals surface area (Å²) in [6.45, 7) is 0.540. The van der Waals surface area contributed by atoms with Gasteiger partial charge >= 0.3 is 0 Å². The smallest absolute Gasteiger partial charge is 0.168 e. The van der Waals surface area contributed by atoms with Gasteiger partial charge in [0.1, 0.15) is 5.82 Å². The number of hydrogen-bond acceptors (Lipinski definition) is 2. The summed E-state index contributed by atoms with van der Waals surface area (Å²) in [6.07, 6.45) is 1.93. The Morgan fingerprint density at radius 2 is 1.93 bits per heavy atom. The van der Waals surface area contributed by atoms with Crippen LogP contribution in [0.2, 0.25) is 0 Å². The first-order valence-electron chi connectivity index (χ1n) is 4.52. The number of aryl methyl sites for hydroxylation is 1. The van der Waals surface area contributed by atoms with E-state index in [-0.39, 0.29) is 0 Å². The van der Waals surface area contributed by atoms with Crippen molar-refractivity contribution >= 4 is 0 Å². The van der Waals surface area contributed by atoms with Gasteiger partial charge in [-0.3, -0.25) is 0 Å². The summed E-state index contributed by atoms with van der Waals surface area (Å²) in [5.74, 6) is -2.03. The third-order valence-electron chi connectivity index (χ3n) is 2.01. The highest BCUT2D eigenvalue weighted by molar-refractivity contribution is 5.34. The van der Waals surface area contributed by atoms with Crippen LogP contribution >= 0.6 is 0 Å². The number of halogens is 2. The average molecular weight is 201 g/mol. The molecule has 78 valence electrons. The molecular weight excluding hydrogens is 188 g/mol. The monoisotopic (exact) mass is 201 g/mol. The molecule has 0 aliphatic rings. The predicted octanol–water partition coefficient (Wildman–Crippen LogP) is 1.95. The fourth-order valence-corrected chi connectivity index (χ4v) is 1.27. The minimum Gasteiger partial charge on any atom is -0.505 e. The van der Waals surface area contributed by atoms with E-state index in [0.717, 1.165) is 12.5 Å². The number of rotatable bonds is 4. The largest absolute Gasteiger partial charge is 0.505 e. The summed E-state index contributed by atoms with van der Waals surface area (Å²) < 4.78 is 25.6. The molecule has 0 aliphatic carbocycles. The second-order valence-corrected chi connectivity index (χ2v) is 3.14. The normalized spacial score (nSPS) is 10.5. The third-order valence-corrected chi connectivity index (χ3v) is 2.01. The Bertz CT molecular complexity index is 315. The number of phenols is 1. The minimum absolute atomic E-state index is 0.302. The van der Waals surface area contributed by atoms with Crippen LogP contribution in [0.5, 0.6) is 5.75 Å². The molecule has 0 amide bonds. The number of hydrogen-bond donors (Lipinski definition) is 2. The van der Waals surface area contributed by atoms with Crippen LogP contribution in [0, 0.1) is 11.6 Å². The Hall–Kier alpha value is -1.16. The molecule has 0 spiro atoms. The van der Waals surface area contributed by atoms with Crippen molar-refractivity contribution in [1.29, 1.82) is 0 Å². The maximum Gasteiger partial charge on any atom is 0.168 e. The van der Waals surface area contributed by atoms with E-state index in [9.17, 15) is 13.9 Å². The van der Waals surface area contributed by atoms with Crippen LogP contribution in [0.1, 0.15) is 18.4 Å². The average Bonchev–Trinajstić information content (AvgIpc) is 2.13. The summed E-state index contributed by atoms with van der Waals surface area (Å²) in [4.78, 5) is 0. The molecule has 1 aromatic rings. The van der Waals surface area contributed by atoms with Crippen LogP contribution in [-0.4, -0.2) is 11.7 Å². The second-order valence-electron chi connectivity index (χ2n) is 3.14. The van der Waals surface area contributed by atoms with Crippen molar-refractivity contribution in [3.63, 3.8) is 0 Å². The maximum absolute atomic E-state index is 12.8. The van der Waals surface area contributed by atoms with Crippen LogP contribution in [-0.2, 0) is 6.42 Å². The van der Waals surface area contributed by atoms with Crippen LogP contribution in [0.3, 0.4) is 0 Å². The zero-order chi connectivity index (χ0) is 10.6. The Balaban J connectivity index is 2.75. The molecule has 0 fully saturated rings. The van der Waals surface area contributed by atoms with Gasteiger partial charge in [0.15, 0.2) is 11.6 Å². The summed E-state index contributed by atoms with van der Waals surface area (Å²) in [5.41, 5.74) is 5.58. The number of aromatic hydroxyl groups is 1. The maximum atomic E-state index is 12.8. The quantitative estimate of drug-likeness (QED) is 0.731. The van der Waals surface area contributed by atoms with Crippen LogP contribution in [0.4, 0.5) is 8.78 Å². The van der Waals surface area contributed by atoms with Crippen molar-refractivity contribution in [2.45, 2.75) is 19.3 Å². The van der Waals surface area contributed by atoms with Crippen molar-refractivity contribution in [2.24, 2.45) is 5.73 Å². The van der Waals surface area contributed by atoms with Gasteiger partial charge in [-0.05, 0) is 37.4 Å². The van der Waals surface area contributed by atoms with E-state index in [1.807, 2.05) is 0 Å². The van der Waals surface area contributed by atoms with Crippen molar-refractivity contribution in [1.82, 2.24) is 0 Å². The van der Waals surface area contributed by atoms with E-state index in [0.29, 0.717) is 31.0 Å². The molecule has 2 nitrogen and oxygen atoms in total. The van der Waals surface area contributed by atoms with Crippen molar-refractivity contribution < 1.29 is 13.9 Å². The van der Waals surface area contributed by atoms with E-state index in [4.69, 9.17) is 5.73 Å². The van der Waals surface area contributed by atoms with E-state index in [1.165, 1.54) is 0 Å². The summed E-state index contributed by atoms with van der Waals surface area (Å²) in [6, 6.07) is 1.82. The van der Waals surface area contributed by atoms with Crippen molar-refractivity contribution in [2.75, 3.05) is 6.54 Å². The number of unbranched alkanes of at least 4 members (excludes halogenated alkanes) is 1. The number of phenolic OH excluding ortho intramolecular Hbond substituents is 1. The molecule has 0 aliphatic heterocycles. The third kappa shape index (κ3) is 2.67. The zero-order valence-corrected chi connectivity index (χ0v) is 7.76. The van der Waals surface area contributed by atoms with Crippen molar-refractivity contribution in [3.8, 4) is 5.75 Å². The Morgan fingerprint density at radius 3 is 2.57 bits per heavy atom. The molecule has 0 saturated carbocycles. The Morgan fingerprint density at radius 1 is 1.21 bits per heavy atom. The van der Waals surface area contributed by atoms with Gasteiger partial charge in [-0.1, -0.05) is 0 Å². The zero-order valence-electron chi connectivity index (χ0n) is 7.76. The second kappa shape index (κ2) is 4.91. The van der Waals surface area contributed by atoms with Gasteiger partial charge < -0.3 is 10.8 Å². The van der Waals surface area contributed by atoms with Crippen molar-refractivity contribution in [3.05, 3.63) is 29.3 Å². The molecule has 0 bridgehead atoms. The fraction of sp³-hybridized carbons (Fsp3) is 0.400. The highest BCUT2D eigenvalue weighted by atomic mass is 19.1. The lowest BCUT2D eigenvalue weighted by Crippen LogP contribution is -1.99. The lowest BCUT2D eigenvalue weighted by Gasteiger charge is -2.05.